The fourth-order valence-electron chi connectivity index (χ4n) is 2.23. The van der Waals surface area contributed by atoms with E-state index in [-0.39, 0.29) is 5.66 Å². The molecule has 2 atom stereocenters. The van der Waals surface area contributed by atoms with Crippen LogP contribution in [0.4, 0.5) is 0 Å². The molecule has 1 N–H and O–H groups in total. The van der Waals surface area contributed by atoms with Crippen molar-refractivity contribution in [2.24, 2.45) is 0 Å². The van der Waals surface area contributed by atoms with Crippen molar-refractivity contribution < 1.29 is 0 Å². The number of imidazole rings is 1. The predicted molar refractivity (Wildman–Crippen MR) is 58.3 cm³/mol. The van der Waals surface area contributed by atoms with Gasteiger partial charge in [-0.1, -0.05) is 30.3 Å². The normalized spacial score (nSPS) is 29.0. The van der Waals surface area contributed by atoms with E-state index in [0.29, 0.717) is 6.04 Å². The molecule has 15 heavy (non-hydrogen) atoms. The molecule has 1 fully saturated rings. The van der Waals surface area contributed by atoms with E-state index in [2.05, 4.69) is 46.1 Å². The minimum atomic E-state index is -0.0717. The maximum Gasteiger partial charge on any atom is 0.138 e. The largest absolute Gasteiger partial charge is 0.313 e. The van der Waals surface area contributed by atoms with E-state index in [4.69, 9.17) is 0 Å². The molecule has 2 aromatic rings. The molecule has 0 spiro atoms. The van der Waals surface area contributed by atoms with Gasteiger partial charge in [0.1, 0.15) is 5.66 Å². The topological polar surface area (TPSA) is 39.8 Å². The van der Waals surface area contributed by atoms with Crippen LogP contribution in [0.5, 0.6) is 0 Å². The summed E-state index contributed by atoms with van der Waals surface area (Å²) in [4.78, 5) is 4.11. The summed E-state index contributed by atoms with van der Waals surface area (Å²) in [5.41, 5.74) is 1.22. The Balaban J connectivity index is 2.10. The lowest BCUT2D eigenvalue weighted by Gasteiger charge is -2.16. The summed E-state index contributed by atoms with van der Waals surface area (Å²) >= 11 is 0. The first kappa shape index (κ1) is 8.68. The maximum atomic E-state index is 4.11. The van der Waals surface area contributed by atoms with Gasteiger partial charge >= 0.3 is 0 Å². The number of nitrogens with zero attached hydrogens (tertiary/aromatic N) is 2. The van der Waals surface area contributed by atoms with E-state index >= 15 is 0 Å². The van der Waals surface area contributed by atoms with Crippen molar-refractivity contribution in [3.05, 3.63) is 54.6 Å². The van der Waals surface area contributed by atoms with Gasteiger partial charge in [-0.3, -0.25) is 5.32 Å². The third-order valence-corrected chi connectivity index (χ3v) is 3.11. The molecular weight excluding hydrogens is 186 g/mol. The minimum absolute atomic E-state index is 0.0717. The Labute approximate surface area is 88.8 Å². The van der Waals surface area contributed by atoms with Gasteiger partial charge in [-0.2, -0.15) is 0 Å². The van der Waals surface area contributed by atoms with Crippen molar-refractivity contribution in [2.75, 3.05) is 0 Å². The first-order valence-corrected chi connectivity index (χ1v) is 5.16. The second-order valence-corrected chi connectivity index (χ2v) is 3.97. The predicted octanol–water partition coefficient (Wildman–Crippen LogP) is 1.58. The van der Waals surface area contributed by atoms with E-state index in [0.717, 1.165) is 0 Å². The molecule has 3 heteroatoms. The molecule has 0 aliphatic carbocycles. The van der Waals surface area contributed by atoms with Gasteiger partial charge in [0, 0.05) is 18.4 Å². The van der Waals surface area contributed by atoms with Crippen molar-refractivity contribution in [3.63, 3.8) is 0 Å². The van der Waals surface area contributed by atoms with E-state index in [1.807, 2.05) is 24.8 Å². The molecule has 1 saturated heterocycles. The summed E-state index contributed by atoms with van der Waals surface area (Å²) in [6.07, 6.45) is 5.68. The number of hydrogen-bond donors (Lipinski definition) is 1. The quantitative estimate of drug-likeness (QED) is 0.746. The van der Waals surface area contributed by atoms with Crippen molar-refractivity contribution in [2.45, 2.75) is 18.6 Å². The molecule has 1 aromatic heterocycles. The second kappa shape index (κ2) is 2.94. The summed E-state index contributed by atoms with van der Waals surface area (Å²) in [6.45, 7) is 2.19. The minimum Gasteiger partial charge on any atom is -0.313 e. The molecule has 3 rings (SSSR count). The number of aromatic nitrogens is 2. The van der Waals surface area contributed by atoms with Gasteiger partial charge in [-0.05, 0) is 12.5 Å². The van der Waals surface area contributed by atoms with Gasteiger partial charge < -0.3 is 4.57 Å². The molecule has 0 radical (unpaired) electrons. The Morgan fingerprint density at radius 3 is 2.60 bits per heavy atom. The van der Waals surface area contributed by atoms with Crippen LogP contribution in [-0.4, -0.2) is 15.6 Å². The molecule has 1 aromatic carbocycles. The van der Waals surface area contributed by atoms with Crippen molar-refractivity contribution in [3.8, 4) is 0 Å². The molecule has 1 aliphatic heterocycles. The molecule has 0 bridgehead atoms. The van der Waals surface area contributed by atoms with E-state index in [9.17, 15) is 0 Å². The Bertz CT molecular complexity index is 449. The average Bonchev–Trinajstić information content (AvgIpc) is 2.75. The smallest absolute Gasteiger partial charge is 0.138 e. The molecule has 1 aliphatic rings. The van der Waals surface area contributed by atoms with Crippen LogP contribution in [0, 0.1) is 0 Å². The van der Waals surface area contributed by atoms with Gasteiger partial charge in [0.25, 0.3) is 0 Å². The molecule has 76 valence electrons. The zero-order chi connectivity index (χ0) is 10.3. The molecule has 3 nitrogen and oxygen atoms in total. The van der Waals surface area contributed by atoms with Gasteiger partial charge in [0.15, 0.2) is 0 Å². The van der Waals surface area contributed by atoms with Crippen LogP contribution in [-0.2, 0) is 5.66 Å². The van der Waals surface area contributed by atoms with E-state index in [1.54, 1.807) is 0 Å². The van der Waals surface area contributed by atoms with Crippen molar-refractivity contribution in [1.29, 1.82) is 0 Å². The Morgan fingerprint density at radius 2 is 2.07 bits per heavy atom. The fraction of sp³-hybridized carbons (Fsp3) is 0.250. The number of benzene rings is 1. The van der Waals surface area contributed by atoms with E-state index < -0.39 is 0 Å². The lowest BCUT2D eigenvalue weighted by atomic mass is 10.0. The van der Waals surface area contributed by atoms with Crippen LogP contribution in [0.2, 0.25) is 0 Å². The van der Waals surface area contributed by atoms with Gasteiger partial charge in [0.05, 0.1) is 6.33 Å². The summed E-state index contributed by atoms with van der Waals surface area (Å²) in [6, 6.07) is 10.9. The zero-order valence-electron chi connectivity index (χ0n) is 8.59. The molecule has 0 unspecified atom stereocenters. The molecule has 0 saturated carbocycles. The lowest BCUT2D eigenvalue weighted by molar-refractivity contribution is 0.541. The SMILES string of the molecule is C[C@@H]1N[C@@]1(c1ccccc1)n1ccnc1. The molecule has 0 amide bonds. The van der Waals surface area contributed by atoms with E-state index in [1.165, 1.54) is 5.56 Å². The van der Waals surface area contributed by atoms with Crippen LogP contribution in [0.15, 0.2) is 49.1 Å². The zero-order valence-corrected chi connectivity index (χ0v) is 8.59. The van der Waals surface area contributed by atoms with Crippen LogP contribution in [0.1, 0.15) is 12.5 Å². The summed E-state index contributed by atoms with van der Waals surface area (Å²) in [5, 5.41) is 3.49. The summed E-state index contributed by atoms with van der Waals surface area (Å²) in [5.74, 6) is 0. The van der Waals surface area contributed by atoms with Crippen molar-refractivity contribution >= 4 is 0 Å². The Hall–Kier alpha value is -1.61. The second-order valence-electron chi connectivity index (χ2n) is 3.97. The number of rotatable bonds is 2. The maximum absolute atomic E-state index is 4.11. The summed E-state index contributed by atoms with van der Waals surface area (Å²) < 4.78 is 2.13. The summed E-state index contributed by atoms with van der Waals surface area (Å²) in [7, 11) is 0. The highest BCUT2D eigenvalue weighted by Gasteiger charge is 2.53. The first-order chi connectivity index (χ1) is 7.34. The van der Waals surface area contributed by atoms with Crippen LogP contribution in [0.25, 0.3) is 0 Å². The van der Waals surface area contributed by atoms with Crippen molar-refractivity contribution in [1.82, 2.24) is 14.9 Å². The standard InChI is InChI=1S/C12H13N3/c1-10-12(14-10,15-8-7-13-9-15)11-5-3-2-4-6-11/h2-10,14H,1H3/t10-,12+/m0/s1. The lowest BCUT2D eigenvalue weighted by Crippen LogP contribution is -2.23. The van der Waals surface area contributed by atoms with Gasteiger partial charge in [0.2, 0.25) is 0 Å². The monoisotopic (exact) mass is 199 g/mol. The molecule has 2 heterocycles. The highest BCUT2D eigenvalue weighted by atomic mass is 15.4. The number of hydrogen-bond acceptors (Lipinski definition) is 2. The molecular formula is C12H13N3. The highest BCUT2D eigenvalue weighted by molar-refractivity contribution is 5.34. The van der Waals surface area contributed by atoms with Crippen LogP contribution in [0.3, 0.4) is 0 Å². The Kier molecular flexibility index (Phi) is 1.70. The van der Waals surface area contributed by atoms with Crippen LogP contribution >= 0.6 is 0 Å². The highest BCUT2D eigenvalue weighted by Crippen LogP contribution is 2.38. The fourth-order valence-corrected chi connectivity index (χ4v) is 2.23. The first-order valence-electron chi connectivity index (χ1n) is 5.16. The third kappa shape index (κ3) is 1.13. The van der Waals surface area contributed by atoms with Gasteiger partial charge in [-0.25, -0.2) is 4.98 Å². The number of nitrogens with one attached hydrogen (secondary N) is 1. The van der Waals surface area contributed by atoms with Crippen LogP contribution < -0.4 is 5.32 Å². The third-order valence-electron chi connectivity index (χ3n) is 3.11. The average molecular weight is 199 g/mol. The Morgan fingerprint density at radius 1 is 1.33 bits per heavy atom. The van der Waals surface area contributed by atoms with Gasteiger partial charge in [-0.15, -0.1) is 0 Å².